The number of aromatic nitrogens is 3. The second-order valence-corrected chi connectivity index (χ2v) is 6.58. The van der Waals surface area contributed by atoms with Crippen LogP contribution in [-0.2, 0) is 11.2 Å². The number of anilines is 2. The fourth-order valence-corrected chi connectivity index (χ4v) is 3.33. The average molecular weight is 343 g/mol. The molecule has 0 radical (unpaired) electrons. The highest BCUT2D eigenvalue weighted by Gasteiger charge is 2.09. The molecule has 0 aliphatic heterocycles. The first-order chi connectivity index (χ1) is 11.8. The van der Waals surface area contributed by atoms with Crippen LogP contribution in [0.15, 0.2) is 35.5 Å². The summed E-state index contributed by atoms with van der Waals surface area (Å²) in [5, 5.41) is 8.58. The number of hydrogen-bond donors (Lipinski definition) is 2. The van der Waals surface area contributed by atoms with Crippen molar-refractivity contribution in [1.82, 2.24) is 20.3 Å². The van der Waals surface area contributed by atoms with Crippen LogP contribution in [-0.4, -0.2) is 27.4 Å². The first-order valence-corrected chi connectivity index (χ1v) is 9.10. The summed E-state index contributed by atoms with van der Waals surface area (Å²) < 4.78 is 0. The molecule has 0 bridgehead atoms. The van der Waals surface area contributed by atoms with E-state index in [1.165, 1.54) is 42.6 Å². The minimum atomic E-state index is 0.0132. The molecule has 1 aliphatic rings. The number of hydrogen-bond acceptors (Lipinski definition) is 6. The number of nitrogens with zero attached hydrogens (tertiary/aromatic N) is 3. The smallest absolute Gasteiger partial charge is 0.228 e. The predicted octanol–water partition coefficient (Wildman–Crippen LogP) is 3.23. The molecule has 126 valence electrons. The molecule has 1 amide bonds. The Morgan fingerprint density at radius 2 is 2.12 bits per heavy atom. The van der Waals surface area contributed by atoms with Crippen LogP contribution in [0.1, 0.15) is 37.8 Å². The van der Waals surface area contributed by atoms with Gasteiger partial charge in [-0.2, -0.15) is 0 Å². The second kappa shape index (κ2) is 8.54. The van der Waals surface area contributed by atoms with Crippen LogP contribution < -0.4 is 10.6 Å². The fourth-order valence-electron chi connectivity index (χ4n) is 2.63. The molecule has 2 N–H and O–H groups in total. The van der Waals surface area contributed by atoms with Crippen LogP contribution in [0, 0.1) is 0 Å². The van der Waals surface area contributed by atoms with E-state index in [0.29, 0.717) is 24.0 Å². The van der Waals surface area contributed by atoms with Gasteiger partial charge >= 0.3 is 0 Å². The fraction of sp³-hybridized carbons (Fsp3) is 0.412. The van der Waals surface area contributed by atoms with E-state index in [2.05, 4.69) is 31.7 Å². The van der Waals surface area contributed by atoms with Gasteiger partial charge in [0, 0.05) is 24.3 Å². The lowest BCUT2D eigenvalue weighted by atomic mass is 9.97. The number of carbonyl (C=O) groups excluding carboxylic acids is 1. The number of rotatable bonds is 7. The third-order valence-corrected chi connectivity index (χ3v) is 4.64. The van der Waals surface area contributed by atoms with Gasteiger partial charge in [-0.25, -0.2) is 15.0 Å². The monoisotopic (exact) mass is 343 g/mol. The van der Waals surface area contributed by atoms with Gasteiger partial charge in [-0.3, -0.25) is 4.79 Å². The molecule has 2 aromatic heterocycles. The van der Waals surface area contributed by atoms with Gasteiger partial charge < -0.3 is 10.6 Å². The van der Waals surface area contributed by atoms with E-state index in [1.807, 2.05) is 5.38 Å². The molecule has 7 heteroatoms. The van der Waals surface area contributed by atoms with Gasteiger partial charge in [-0.15, -0.1) is 11.3 Å². The zero-order valence-electron chi connectivity index (χ0n) is 13.5. The first kappa shape index (κ1) is 16.6. The van der Waals surface area contributed by atoms with Crippen molar-refractivity contribution in [3.63, 3.8) is 0 Å². The lowest BCUT2D eigenvalue weighted by Gasteiger charge is -2.12. The molecule has 0 atom stereocenters. The Hall–Kier alpha value is -2.28. The number of thiazole rings is 1. The van der Waals surface area contributed by atoms with Crippen molar-refractivity contribution in [2.24, 2.45) is 0 Å². The SMILES string of the molecule is O=C(Cc1csc(Nc2ncccn2)n1)NCCC1=CCCCC1. The molecule has 0 saturated heterocycles. The lowest BCUT2D eigenvalue weighted by molar-refractivity contribution is -0.120. The molecule has 0 fully saturated rings. The molecule has 1 aliphatic carbocycles. The molecule has 6 nitrogen and oxygen atoms in total. The molecule has 2 aromatic rings. The van der Waals surface area contributed by atoms with Gasteiger partial charge in [-0.1, -0.05) is 11.6 Å². The Morgan fingerprint density at radius 1 is 1.25 bits per heavy atom. The third kappa shape index (κ3) is 5.13. The summed E-state index contributed by atoms with van der Waals surface area (Å²) in [6, 6.07) is 1.76. The largest absolute Gasteiger partial charge is 0.355 e. The summed E-state index contributed by atoms with van der Waals surface area (Å²) >= 11 is 1.44. The van der Waals surface area contributed by atoms with E-state index in [9.17, 15) is 4.79 Å². The van der Waals surface area contributed by atoms with Crippen molar-refractivity contribution < 1.29 is 4.79 Å². The zero-order chi connectivity index (χ0) is 16.6. The van der Waals surface area contributed by atoms with E-state index in [1.54, 1.807) is 18.5 Å². The topological polar surface area (TPSA) is 79.8 Å². The highest BCUT2D eigenvalue weighted by Crippen LogP contribution is 2.20. The van der Waals surface area contributed by atoms with Crippen molar-refractivity contribution in [3.05, 3.63) is 41.2 Å². The van der Waals surface area contributed by atoms with Gasteiger partial charge in [0.1, 0.15) is 0 Å². The Balaban J connectivity index is 1.42. The van der Waals surface area contributed by atoms with Crippen molar-refractivity contribution in [2.45, 2.75) is 38.5 Å². The average Bonchev–Trinajstić information content (AvgIpc) is 3.03. The summed E-state index contributed by atoms with van der Waals surface area (Å²) in [4.78, 5) is 24.6. The van der Waals surface area contributed by atoms with Crippen LogP contribution in [0.4, 0.5) is 11.1 Å². The quantitative estimate of drug-likeness (QED) is 0.755. The van der Waals surface area contributed by atoms with E-state index in [-0.39, 0.29) is 5.91 Å². The molecule has 2 heterocycles. The predicted molar refractivity (Wildman–Crippen MR) is 95.3 cm³/mol. The van der Waals surface area contributed by atoms with E-state index < -0.39 is 0 Å². The van der Waals surface area contributed by atoms with E-state index in [4.69, 9.17) is 0 Å². The molecule has 0 saturated carbocycles. The van der Waals surface area contributed by atoms with E-state index in [0.717, 1.165) is 12.1 Å². The van der Waals surface area contributed by atoms with Gasteiger partial charge in [-0.05, 0) is 38.2 Å². The maximum absolute atomic E-state index is 12.0. The zero-order valence-corrected chi connectivity index (χ0v) is 14.3. The molecule has 3 rings (SSSR count). The lowest BCUT2D eigenvalue weighted by Crippen LogP contribution is -2.26. The second-order valence-electron chi connectivity index (χ2n) is 5.73. The summed E-state index contributed by atoms with van der Waals surface area (Å²) in [6.45, 7) is 0.706. The van der Waals surface area contributed by atoms with Gasteiger partial charge in [0.2, 0.25) is 11.9 Å². The molecular formula is C17H21N5OS. The van der Waals surface area contributed by atoms with Crippen molar-refractivity contribution in [2.75, 3.05) is 11.9 Å². The molecule has 0 aromatic carbocycles. The van der Waals surface area contributed by atoms with Crippen LogP contribution in [0.2, 0.25) is 0 Å². The Labute approximate surface area is 145 Å². The Morgan fingerprint density at radius 3 is 2.92 bits per heavy atom. The maximum atomic E-state index is 12.0. The highest BCUT2D eigenvalue weighted by atomic mass is 32.1. The minimum Gasteiger partial charge on any atom is -0.355 e. The minimum absolute atomic E-state index is 0.0132. The first-order valence-electron chi connectivity index (χ1n) is 8.22. The normalized spacial score (nSPS) is 14.1. The Bertz CT molecular complexity index is 698. The van der Waals surface area contributed by atoms with Crippen LogP contribution in [0.25, 0.3) is 0 Å². The van der Waals surface area contributed by atoms with Crippen LogP contribution in [0.3, 0.4) is 0 Å². The number of amides is 1. The summed E-state index contributed by atoms with van der Waals surface area (Å²) in [5.74, 6) is 0.517. The van der Waals surface area contributed by atoms with Crippen molar-refractivity contribution >= 4 is 28.3 Å². The summed E-state index contributed by atoms with van der Waals surface area (Å²) in [6.07, 6.45) is 11.8. The third-order valence-electron chi connectivity index (χ3n) is 3.83. The van der Waals surface area contributed by atoms with Crippen molar-refractivity contribution in [3.8, 4) is 0 Å². The highest BCUT2D eigenvalue weighted by molar-refractivity contribution is 7.13. The Kier molecular flexibility index (Phi) is 5.90. The summed E-state index contributed by atoms with van der Waals surface area (Å²) in [5.41, 5.74) is 2.23. The number of allylic oxidation sites excluding steroid dienone is 1. The molecule has 0 unspecified atom stereocenters. The molecule has 24 heavy (non-hydrogen) atoms. The van der Waals surface area contributed by atoms with Gasteiger partial charge in [0.25, 0.3) is 0 Å². The molecular weight excluding hydrogens is 322 g/mol. The standard InChI is InChI=1S/C17H21N5OS/c23-15(18-10-7-13-5-2-1-3-6-13)11-14-12-24-17(21-14)22-16-19-8-4-9-20-16/h4-5,8-9,12H,1-3,6-7,10-11H2,(H,18,23)(H,19,20,21,22). The molecule has 0 spiro atoms. The number of nitrogens with one attached hydrogen (secondary N) is 2. The van der Waals surface area contributed by atoms with Gasteiger partial charge in [0.05, 0.1) is 12.1 Å². The van der Waals surface area contributed by atoms with Gasteiger partial charge in [0.15, 0.2) is 5.13 Å². The summed E-state index contributed by atoms with van der Waals surface area (Å²) in [7, 11) is 0. The van der Waals surface area contributed by atoms with E-state index >= 15 is 0 Å². The van der Waals surface area contributed by atoms with Crippen LogP contribution >= 0.6 is 11.3 Å². The number of carbonyl (C=O) groups is 1. The van der Waals surface area contributed by atoms with Crippen molar-refractivity contribution in [1.29, 1.82) is 0 Å². The maximum Gasteiger partial charge on any atom is 0.228 e. The van der Waals surface area contributed by atoms with Crippen LogP contribution in [0.5, 0.6) is 0 Å².